The van der Waals surface area contributed by atoms with Gasteiger partial charge in [0.05, 0.1) is 5.56 Å². The van der Waals surface area contributed by atoms with Gasteiger partial charge in [0.2, 0.25) is 0 Å². The van der Waals surface area contributed by atoms with Crippen molar-refractivity contribution < 1.29 is 14.3 Å². The number of nitrogens with zero attached hydrogens (tertiary/aromatic N) is 1. The van der Waals surface area contributed by atoms with Crippen molar-refractivity contribution in [2.75, 3.05) is 11.1 Å². The minimum Gasteiger partial charge on any atom is -0.449 e. The number of aromatic nitrogens is 1. The minimum atomic E-state index is -0.933. The first-order valence-corrected chi connectivity index (χ1v) is 6.34. The second-order valence-electron chi connectivity index (χ2n) is 4.37. The van der Waals surface area contributed by atoms with Crippen molar-refractivity contribution in [1.29, 1.82) is 0 Å². The molecule has 0 saturated carbocycles. The van der Waals surface area contributed by atoms with Crippen LogP contribution in [-0.2, 0) is 9.53 Å². The molecule has 21 heavy (non-hydrogen) atoms. The van der Waals surface area contributed by atoms with Crippen molar-refractivity contribution >= 4 is 23.4 Å². The summed E-state index contributed by atoms with van der Waals surface area (Å²) in [7, 11) is 0. The Hall–Kier alpha value is -2.89. The van der Waals surface area contributed by atoms with Gasteiger partial charge in [0.1, 0.15) is 5.82 Å². The number of nitrogens with two attached hydrogens (primary N) is 1. The Labute approximate surface area is 121 Å². The van der Waals surface area contributed by atoms with Gasteiger partial charge < -0.3 is 15.8 Å². The van der Waals surface area contributed by atoms with Crippen LogP contribution < -0.4 is 11.1 Å². The average molecular weight is 285 g/mol. The number of nitrogens with one attached hydrogen (secondary N) is 1. The lowest BCUT2D eigenvalue weighted by atomic mass is 10.2. The van der Waals surface area contributed by atoms with Gasteiger partial charge in [0.15, 0.2) is 6.10 Å². The molecule has 2 rings (SSSR count). The normalized spacial score (nSPS) is 11.5. The summed E-state index contributed by atoms with van der Waals surface area (Å²) in [6.07, 6.45) is 0.623. The molecule has 1 unspecified atom stereocenters. The molecule has 1 atom stereocenters. The second-order valence-corrected chi connectivity index (χ2v) is 4.37. The zero-order chi connectivity index (χ0) is 15.2. The van der Waals surface area contributed by atoms with Crippen molar-refractivity contribution in [2.45, 2.75) is 13.0 Å². The number of amides is 1. The predicted octanol–water partition coefficient (Wildman–Crippen LogP) is 1.85. The summed E-state index contributed by atoms with van der Waals surface area (Å²) in [5.74, 6) is -0.631. The molecule has 0 aliphatic heterocycles. The quantitative estimate of drug-likeness (QED) is 0.660. The van der Waals surface area contributed by atoms with E-state index >= 15 is 0 Å². The van der Waals surface area contributed by atoms with E-state index in [-0.39, 0.29) is 0 Å². The molecule has 0 saturated heterocycles. The fourth-order valence-electron chi connectivity index (χ4n) is 1.57. The lowest BCUT2D eigenvalue weighted by Crippen LogP contribution is -2.30. The zero-order valence-electron chi connectivity index (χ0n) is 11.4. The van der Waals surface area contributed by atoms with Crippen LogP contribution in [0.2, 0.25) is 0 Å². The maximum atomic E-state index is 11.9. The average Bonchev–Trinajstić information content (AvgIpc) is 2.48. The van der Waals surface area contributed by atoms with Crippen LogP contribution in [0.4, 0.5) is 11.5 Å². The summed E-state index contributed by atoms with van der Waals surface area (Å²) in [5, 5.41) is 2.56. The molecule has 1 aromatic carbocycles. The lowest BCUT2D eigenvalue weighted by molar-refractivity contribution is -0.123. The topological polar surface area (TPSA) is 94.3 Å². The third kappa shape index (κ3) is 4.04. The van der Waals surface area contributed by atoms with E-state index < -0.39 is 18.0 Å². The Morgan fingerprint density at radius 2 is 1.90 bits per heavy atom. The fourth-order valence-corrected chi connectivity index (χ4v) is 1.57. The number of benzene rings is 1. The monoisotopic (exact) mass is 285 g/mol. The number of esters is 1. The third-order valence-corrected chi connectivity index (χ3v) is 2.72. The van der Waals surface area contributed by atoms with Crippen molar-refractivity contribution in [1.82, 2.24) is 4.98 Å². The third-order valence-electron chi connectivity index (χ3n) is 2.72. The molecule has 6 heteroatoms. The number of ether oxygens (including phenoxy) is 1. The summed E-state index contributed by atoms with van der Waals surface area (Å²) in [4.78, 5) is 27.7. The highest BCUT2D eigenvalue weighted by molar-refractivity contribution is 5.96. The Bertz CT molecular complexity index is 626. The van der Waals surface area contributed by atoms with Crippen LogP contribution in [0.15, 0.2) is 48.7 Å². The lowest BCUT2D eigenvalue weighted by Gasteiger charge is -2.13. The van der Waals surface area contributed by atoms with Gasteiger partial charge >= 0.3 is 5.97 Å². The van der Waals surface area contributed by atoms with Gasteiger partial charge in [-0.05, 0) is 43.3 Å². The smallest absolute Gasteiger partial charge is 0.338 e. The molecule has 1 aromatic heterocycles. The van der Waals surface area contributed by atoms with E-state index in [9.17, 15) is 9.59 Å². The first kappa shape index (κ1) is 14.5. The van der Waals surface area contributed by atoms with Crippen LogP contribution in [0.3, 0.4) is 0 Å². The maximum absolute atomic E-state index is 11.9. The van der Waals surface area contributed by atoms with Gasteiger partial charge in [-0.2, -0.15) is 0 Å². The fraction of sp³-hybridized carbons (Fsp3) is 0.133. The van der Waals surface area contributed by atoms with Crippen molar-refractivity contribution in [2.24, 2.45) is 0 Å². The van der Waals surface area contributed by atoms with E-state index in [0.29, 0.717) is 17.1 Å². The number of carbonyl (C=O) groups excluding carboxylic acids is 2. The standard InChI is InChI=1S/C15H15N3O3/c1-10(14(19)18-13-4-2-3-9-17-13)21-15(20)11-5-7-12(16)8-6-11/h2-10H,16H2,1H3,(H,17,18,19). The molecule has 3 N–H and O–H groups in total. The van der Waals surface area contributed by atoms with Gasteiger partial charge in [-0.25, -0.2) is 9.78 Å². The first-order chi connectivity index (χ1) is 10.1. The molecular formula is C15H15N3O3. The molecule has 0 spiro atoms. The van der Waals surface area contributed by atoms with E-state index in [4.69, 9.17) is 10.5 Å². The van der Waals surface area contributed by atoms with E-state index in [1.54, 1.807) is 48.7 Å². The number of rotatable bonds is 4. The van der Waals surface area contributed by atoms with Gasteiger partial charge in [-0.15, -0.1) is 0 Å². The van der Waals surface area contributed by atoms with Crippen LogP contribution in [0.25, 0.3) is 0 Å². The SMILES string of the molecule is CC(OC(=O)c1ccc(N)cc1)C(=O)Nc1ccccn1. The highest BCUT2D eigenvalue weighted by Gasteiger charge is 2.19. The van der Waals surface area contributed by atoms with Crippen molar-refractivity contribution in [3.05, 3.63) is 54.2 Å². The molecule has 1 heterocycles. The molecule has 0 bridgehead atoms. The Kier molecular flexibility index (Phi) is 4.50. The predicted molar refractivity (Wildman–Crippen MR) is 78.6 cm³/mol. The Morgan fingerprint density at radius 3 is 2.52 bits per heavy atom. The molecule has 0 fully saturated rings. The number of pyridine rings is 1. The number of anilines is 2. The highest BCUT2D eigenvalue weighted by Crippen LogP contribution is 2.09. The van der Waals surface area contributed by atoms with E-state index in [1.165, 1.54) is 6.92 Å². The molecule has 2 aromatic rings. The van der Waals surface area contributed by atoms with Crippen LogP contribution in [0.5, 0.6) is 0 Å². The van der Waals surface area contributed by atoms with Crippen LogP contribution >= 0.6 is 0 Å². The molecule has 0 aliphatic carbocycles. The van der Waals surface area contributed by atoms with E-state index in [0.717, 1.165) is 0 Å². The summed E-state index contributed by atoms with van der Waals surface area (Å²) in [6, 6.07) is 11.4. The molecule has 0 aliphatic rings. The van der Waals surface area contributed by atoms with Crippen molar-refractivity contribution in [3.8, 4) is 0 Å². The number of hydrogen-bond donors (Lipinski definition) is 2. The van der Waals surface area contributed by atoms with Gasteiger partial charge in [0.25, 0.3) is 5.91 Å². The molecule has 0 radical (unpaired) electrons. The largest absolute Gasteiger partial charge is 0.449 e. The van der Waals surface area contributed by atoms with E-state index in [2.05, 4.69) is 10.3 Å². The number of nitrogen functional groups attached to an aromatic ring is 1. The summed E-state index contributed by atoms with van der Waals surface area (Å²) in [5.41, 5.74) is 6.42. The second kappa shape index (κ2) is 6.51. The molecule has 6 nitrogen and oxygen atoms in total. The molecule has 108 valence electrons. The van der Waals surface area contributed by atoms with Crippen LogP contribution in [-0.4, -0.2) is 23.0 Å². The van der Waals surface area contributed by atoms with E-state index in [1.807, 2.05) is 0 Å². The van der Waals surface area contributed by atoms with Crippen LogP contribution in [0.1, 0.15) is 17.3 Å². The van der Waals surface area contributed by atoms with Gasteiger partial charge in [0, 0.05) is 11.9 Å². The Morgan fingerprint density at radius 1 is 1.19 bits per heavy atom. The summed E-state index contributed by atoms with van der Waals surface area (Å²) < 4.78 is 5.09. The minimum absolute atomic E-state index is 0.335. The molecular weight excluding hydrogens is 270 g/mol. The Balaban J connectivity index is 1.94. The van der Waals surface area contributed by atoms with Gasteiger partial charge in [-0.3, -0.25) is 4.79 Å². The van der Waals surface area contributed by atoms with Gasteiger partial charge in [-0.1, -0.05) is 6.07 Å². The number of carbonyl (C=O) groups is 2. The van der Waals surface area contributed by atoms with Crippen molar-refractivity contribution in [3.63, 3.8) is 0 Å². The van der Waals surface area contributed by atoms with Crippen LogP contribution in [0, 0.1) is 0 Å². The maximum Gasteiger partial charge on any atom is 0.338 e. The molecule has 1 amide bonds. The number of hydrogen-bond acceptors (Lipinski definition) is 5. The highest BCUT2D eigenvalue weighted by atomic mass is 16.5. The first-order valence-electron chi connectivity index (χ1n) is 6.34. The summed E-state index contributed by atoms with van der Waals surface area (Å²) >= 11 is 0. The zero-order valence-corrected chi connectivity index (χ0v) is 11.4. The summed E-state index contributed by atoms with van der Waals surface area (Å²) in [6.45, 7) is 1.49.